The summed E-state index contributed by atoms with van der Waals surface area (Å²) >= 11 is 9.52. The van der Waals surface area contributed by atoms with Crippen LogP contribution < -0.4 is 19.5 Å². The summed E-state index contributed by atoms with van der Waals surface area (Å²) in [6.07, 6.45) is 0. The number of hydrogen-bond donors (Lipinski definition) is 1. The van der Waals surface area contributed by atoms with Crippen molar-refractivity contribution in [1.82, 2.24) is 0 Å². The fraction of sp³-hybridized carbons (Fsp3) is 0.316. The SMILES string of the molecule is COc1cc(NC(=O)COc2ccc(Br)cc2C(C)C)c(OC)cc1Cl. The van der Waals surface area contributed by atoms with Gasteiger partial charge in [0, 0.05) is 16.6 Å². The van der Waals surface area contributed by atoms with Crippen molar-refractivity contribution in [2.45, 2.75) is 19.8 Å². The van der Waals surface area contributed by atoms with Crippen molar-refractivity contribution in [2.24, 2.45) is 0 Å². The molecule has 0 aliphatic carbocycles. The Bertz CT molecular complexity index is 795. The highest BCUT2D eigenvalue weighted by Crippen LogP contribution is 2.36. The Labute approximate surface area is 166 Å². The molecular formula is C19H21BrClNO4. The molecular weight excluding hydrogens is 422 g/mol. The standard InChI is InChI=1S/C19H21BrClNO4/c1-11(2)13-7-12(20)5-6-16(13)26-10-19(23)22-15-9-17(24-3)14(21)8-18(15)25-4/h5-9,11H,10H2,1-4H3,(H,22,23). The number of amides is 1. The minimum atomic E-state index is -0.315. The summed E-state index contributed by atoms with van der Waals surface area (Å²) in [4.78, 5) is 12.3. The van der Waals surface area contributed by atoms with Crippen LogP contribution in [0.25, 0.3) is 0 Å². The summed E-state index contributed by atoms with van der Waals surface area (Å²) in [5, 5.41) is 3.16. The quantitative estimate of drug-likeness (QED) is 0.635. The van der Waals surface area contributed by atoms with Crippen molar-refractivity contribution >= 4 is 39.1 Å². The Kier molecular flexibility index (Phi) is 7.17. The molecule has 0 aliphatic heterocycles. The maximum atomic E-state index is 12.3. The second kappa shape index (κ2) is 9.14. The average Bonchev–Trinajstić information content (AvgIpc) is 2.61. The molecule has 0 aliphatic rings. The number of nitrogens with one attached hydrogen (secondary N) is 1. The first-order valence-electron chi connectivity index (χ1n) is 7.99. The Morgan fingerprint density at radius 1 is 1.12 bits per heavy atom. The van der Waals surface area contributed by atoms with Gasteiger partial charge in [0.15, 0.2) is 6.61 Å². The van der Waals surface area contributed by atoms with Gasteiger partial charge in [-0.1, -0.05) is 41.4 Å². The van der Waals surface area contributed by atoms with E-state index < -0.39 is 0 Å². The van der Waals surface area contributed by atoms with Crippen LogP contribution in [-0.2, 0) is 4.79 Å². The Balaban J connectivity index is 2.11. The van der Waals surface area contributed by atoms with Crippen LogP contribution in [0.4, 0.5) is 5.69 Å². The number of methoxy groups -OCH3 is 2. The van der Waals surface area contributed by atoms with E-state index in [0.29, 0.717) is 28.0 Å². The van der Waals surface area contributed by atoms with Crippen LogP contribution in [-0.4, -0.2) is 26.7 Å². The molecule has 0 fully saturated rings. The molecule has 0 bridgehead atoms. The molecule has 5 nitrogen and oxygen atoms in total. The van der Waals surface area contributed by atoms with E-state index in [1.165, 1.54) is 14.2 Å². The van der Waals surface area contributed by atoms with Crippen LogP contribution >= 0.6 is 27.5 Å². The maximum Gasteiger partial charge on any atom is 0.262 e. The molecule has 2 rings (SSSR count). The van der Waals surface area contributed by atoms with Gasteiger partial charge in [-0.15, -0.1) is 0 Å². The van der Waals surface area contributed by atoms with Gasteiger partial charge in [0.25, 0.3) is 5.91 Å². The third-order valence-corrected chi connectivity index (χ3v) is 4.49. The predicted octanol–water partition coefficient (Wildman–Crippen LogP) is 5.26. The molecule has 0 saturated heterocycles. The zero-order valence-electron chi connectivity index (χ0n) is 15.1. The molecule has 1 N–H and O–H groups in total. The van der Waals surface area contributed by atoms with Crippen LogP contribution in [0.3, 0.4) is 0 Å². The highest BCUT2D eigenvalue weighted by Gasteiger charge is 2.14. The Morgan fingerprint density at radius 2 is 1.81 bits per heavy atom. The molecule has 26 heavy (non-hydrogen) atoms. The van der Waals surface area contributed by atoms with E-state index in [4.69, 9.17) is 25.8 Å². The largest absolute Gasteiger partial charge is 0.495 e. The van der Waals surface area contributed by atoms with Crippen LogP contribution in [0.2, 0.25) is 5.02 Å². The van der Waals surface area contributed by atoms with Crippen molar-refractivity contribution < 1.29 is 19.0 Å². The van der Waals surface area contributed by atoms with Gasteiger partial charge in [0.05, 0.1) is 24.9 Å². The number of carbonyl (C=O) groups is 1. The first-order chi connectivity index (χ1) is 12.3. The summed E-state index contributed by atoms with van der Waals surface area (Å²) in [5.41, 5.74) is 1.49. The van der Waals surface area contributed by atoms with E-state index >= 15 is 0 Å². The van der Waals surface area contributed by atoms with Crippen molar-refractivity contribution in [3.05, 3.63) is 45.4 Å². The predicted molar refractivity (Wildman–Crippen MR) is 107 cm³/mol. The molecule has 2 aromatic rings. The minimum absolute atomic E-state index is 0.130. The first kappa shape index (κ1) is 20.4. The van der Waals surface area contributed by atoms with E-state index in [1.807, 2.05) is 18.2 Å². The third kappa shape index (κ3) is 5.05. The van der Waals surface area contributed by atoms with Crippen LogP contribution in [0, 0.1) is 0 Å². The molecule has 0 unspecified atom stereocenters. The molecule has 1 amide bonds. The number of benzene rings is 2. The van der Waals surface area contributed by atoms with E-state index in [1.54, 1.807) is 12.1 Å². The van der Waals surface area contributed by atoms with E-state index in [-0.39, 0.29) is 18.4 Å². The van der Waals surface area contributed by atoms with Crippen molar-refractivity contribution in [3.63, 3.8) is 0 Å². The van der Waals surface area contributed by atoms with E-state index in [2.05, 4.69) is 35.1 Å². The fourth-order valence-corrected chi connectivity index (χ4v) is 3.00. The lowest BCUT2D eigenvalue weighted by molar-refractivity contribution is -0.118. The van der Waals surface area contributed by atoms with Gasteiger partial charge in [0.1, 0.15) is 17.2 Å². The van der Waals surface area contributed by atoms with Gasteiger partial charge in [-0.25, -0.2) is 0 Å². The lowest BCUT2D eigenvalue weighted by Gasteiger charge is -2.16. The molecule has 0 saturated carbocycles. The topological polar surface area (TPSA) is 56.8 Å². The van der Waals surface area contributed by atoms with Crippen molar-refractivity contribution in [1.29, 1.82) is 0 Å². The molecule has 2 aromatic carbocycles. The van der Waals surface area contributed by atoms with Crippen molar-refractivity contribution in [2.75, 3.05) is 26.1 Å². The molecule has 0 radical (unpaired) electrons. The van der Waals surface area contributed by atoms with Gasteiger partial charge in [-0.05, 0) is 29.7 Å². The first-order valence-corrected chi connectivity index (χ1v) is 9.16. The van der Waals surface area contributed by atoms with Gasteiger partial charge in [0.2, 0.25) is 0 Å². The Morgan fingerprint density at radius 3 is 2.42 bits per heavy atom. The zero-order valence-corrected chi connectivity index (χ0v) is 17.4. The molecule has 7 heteroatoms. The summed E-state index contributed by atoms with van der Waals surface area (Å²) in [5.74, 6) is 1.52. The minimum Gasteiger partial charge on any atom is -0.495 e. The second-order valence-electron chi connectivity index (χ2n) is 5.86. The lowest BCUT2D eigenvalue weighted by Crippen LogP contribution is -2.21. The summed E-state index contributed by atoms with van der Waals surface area (Å²) < 4.78 is 17.1. The second-order valence-corrected chi connectivity index (χ2v) is 7.18. The molecule has 0 spiro atoms. The third-order valence-electron chi connectivity index (χ3n) is 3.70. The summed E-state index contributed by atoms with van der Waals surface area (Å²) in [6, 6.07) is 8.91. The normalized spacial score (nSPS) is 10.6. The number of ether oxygens (including phenoxy) is 3. The number of rotatable bonds is 7. The van der Waals surface area contributed by atoms with Crippen LogP contribution in [0.5, 0.6) is 17.2 Å². The average molecular weight is 443 g/mol. The van der Waals surface area contributed by atoms with Gasteiger partial charge < -0.3 is 19.5 Å². The molecule has 0 aromatic heterocycles. The van der Waals surface area contributed by atoms with E-state index in [0.717, 1.165) is 10.0 Å². The zero-order chi connectivity index (χ0) is 19.3. The summed E-state index contributed by atoms with van der Waals surface area (Å²) in [6.45, 7) is 4.01. The van der Waals surface area contributed by atoms with Gasteiger partial charge >= 0.3 is 0 Å². The molecule has 0 heterocycles. The molecule has 0 atom stereocenters. The number of anilines is 1. The highest BCUT2D eigenvalue weighted by atomic mass is 79.9. The number of hydrogen-bond acceptors (Lipinski definition) is 4. The highest BCUT2D eigenvalue weighted by molar-refractivity contribution is 9.10. The van der Waals surface area contributed by atoms with Gasteiger partial charge in [-0.3, -0.25) is 4.79 Å². The number of carbonyl (C=O) groups excluding carboxylic acids is 1. The summed E-state index contributed by atoms with van der Waals surface area (Å²) in [7, 11) is 3.00. The smallest absolute Gasteiger partial charge is 0.262 e. The monoisotopic (exact) mass is 441 g/mol. The lowest BCUT2D eigenvalue weighted by atomic mass is 10.0. The Hall–Kier alpha value is -1.92. The van der Waals surface area contributed by atoms with E-state index in [9.17, 15) is 4.79 Å². The van der Waals surface area contributed by atoms with Crippen molar-refractivity contribution in [3.8, 4) is 17.2 Å². The fourth-order valence-electron chi connectivity index (χ4n) is 2.39. The van der Waals surface area contributed by atoms with Crippen LogP contribution in [0.15, 0.2) is 34.8 Å². The number of halogens is 2. The van der Waals surface area contributed by atoms with Gasteiger partial charge in [-0.2, -0.15) is 0 Å². The molecule has 140 valence electrons. The maximum absolute atomic E-state index is 12.3. The van der Waals surface area contributed by atoms with Crippen LogP contribution in [0.1, 0.15) is 25.3 Å².